The van der Waals surface area contributed by atoms with Gasteiger partial charge < -0.3 is 4.74 Å². The van der Waals surface area contributed by atoms with E-state index in [9.17, 15) is 4.79 Å². The second-order valence-electron chi connectivity index (χ2n) is 5.05. The maximum Gasteiger partial charge on any atom is 0.235 e. The fraction of sp³-hybridized carbons (Fsp3) is 0.235. The van der Waals surface area contributed by atoms with E-state index in [0.717, 1.165) is 6.42 Å². The molecule has 0 spiro atoms. The number of pyridine rings is 1. The highest BCUT2D eigenvalue weighted by atomic mass is 16.5. The molecule has 0 saturated heterocycles. The number of nitrogens with zero attached hydrogens (tertiary/aromatic N) is 2. The molecule has 0 aliphatic carbocycles. The third-order valence-electron chi connectivity index (χ3n) is 3.36. The van der Waals surface area contributed by atoms with E-state index in [4.69, 9.17) is 4.74 Å². The lowest BCUT2D eigenvalue weighted by Crippen LogP contribution is -2.10. The third-order valence-corrected chi connectivity index (χ3v) is 3.36. The van der Waals surface area contributed by atoms with Gasteiger partial charge in [-0.1, -0.05) is 36.4 Å². The molecule has 1 aliphatic heterocycles. The Morgan fingerprint density at radius 3 is 2.76 bits per heavy atom. The Balaban J connectivity index is 1.77. The van der Waals surface area contributed by atoms with Crippen LogP contribution in [0.15, 0.2) is 53.5 Å². The fourth-order valence-corrected chi connectivity index (χ4v) is 2.30. The van der Waals surface area contributed by atoms with Gasteiger partial charge in [-0.25, -0.2) is 9.98 Å². The van der Waals surface area contributed by atoms with Gasteiger partial charge in [0.25, 0.3) is 0 Å². The minimum atomic E-state index is -0.0590. The number of carbonyl (C=O) groups is 1. The van der Waals surface area contributed by atoms with Gasteiger partial charge in [-0.3, -0.25) is 4.79 Å². The summed E-state index contributed by atoms with van der Waals surface area (Å²) in [6, 6.07) is 15.6. The van der Waals surface area contributed by atoms with Crippen LogP contribution in [-0.4, -0.2) is 29.3 Å². The van der Waals surface area contributed by atoms with Crippen LogP contribution in [0.4, 0.5) is 0 Å². The van der Waals surface area contributed by atoms with Crippen LogP contribution >= 0.6 is 0 Å². The van der Waals surface area contributed by atoms with Crippen LogP contribution in [0.2, 0.25) is 0 Å². The van der Waals surface area contributed by atoms with E-state index >= 15 is 0 Å². The third kappa shape index (κ3) is 3.16. The number of hydrogen-bond acceptors (Lipinski definition) is 4. The summed E-state index contributed by atoms with van der Waals surface area (Å²) >= 11 is 0. The highest BCUT2D eigenvalue weighted by Crippen LogP contribution is 2.15. The Kier molecular flexibility index (Phi) is 3.77. The lowest BCUT2D eigenvalue weighted by Gasteiger charge is -2.04. The summed E-state index contributed by atoms with van der Waals surface area (Å²) in [5, 5.41) is 0. The normalized spacial score (nSPS) is 17.2. The number of benzene rings is 1. The van der Waals surface area contributed by atoms with Crippen molar-refractivity contribution in [3.05, 3.63) is 65.5 Å². The Bertz CT molecular complexity index is 680. The van der Waals surface area contributed by atoms with E-state index in [0.29, 0.717) is 23.9 Å². The van der Waals surface area contributed by atoms with E-state index in [1.807, 2.05) is 24.3 Å². The Morgan fingerprint density at radius 1 is 1.19 bits per heavy atom. The first kappa shape index (κ1) is 13.5. The van der Waals surface area contributed by atoms with Gasteiger partial charge in [0.1, 0.15) is 18.0 Å². The molecule has 4 nitrogen and oxygen atoms in total. The largest absolute Gasteiger partial charge is 0.474 e. The van der Waals surface area contributed by atoms with Gasteiger partial charge in [0, 0.05) is 6.92 Å². The summed E-state index contributed by atoms with van der Waals surface area (Å²) in [5.41, 5.74) is 2.30. The molecule has 1 aliphatic rings. The highest BCUT2D eigenvalue weighted by Gasteiger charge is 2.21. The molecule has 0 radical (unpaired) electrons. The van der Waals surface area contributed by atoms with Crippen LogP contribution in [-0.2, 0) is 11.2 Å². The van der Waals surface area contributed by atoms with Crippen LogP contribution in [0.3, 0.4) is 0 Å². The average molecular weight is 280 g/mol. The zero-order valence-corrected chi connectivity index (χ0v) is 11.8. The van der Waals surface area contributed by atoms with Gasteiger partial charge in [0.15, 0.2) is 5.78 Å². The molecule has 0 fully saturated rings. The maximum atomic E-state index is 11.4. The molecule has 1 aromatic heterocycles. The molecule has 0 amide bonds. The second-order valence-corrected chi connectivity index (χ2v) is 5.05. The number of carbonyl (C=O) groups excluding carboxylic acids is 1. The first-order valence-corrected chi connectivity index (χ1v) is 6.95. The number of Topliss-reactive ketones (excluding diaryl/α,β-unsaturated/α-hetero) is 1. The number of hydrogen-bond donors (Lipinski definition) is 0. The van der Waals surface area contributed by atoms with Gasteiger partial charge in [0.2, 0.25) is 5.90 Å². The van der Waals surface area contributed by atoms with Crippen LogP contribution in [0, 0.1) is 0 Å². The minimum Gasteiger partial charge on any atom is -0.474 e. The smallest absolute Gasteiger partial charge is 0.235 e. The zero-order valence-electron chi connectivity index (χ0n) is 11.8. The highest BCUT2D eigenvalue weighted by molar-refractivity contribution is 5.96. The van der Waals surface area contributed by atoms with Gasteiger partial charge >= 0.3 is 0 Å². The number of ketones is 1. The number of aromatic nitrogens is 1. The SMILES string of the molecule is CC(=O)c1cccc(C2=N[C@@H](Cc3ccccc3)CO2)n1. The Labute approximate surface area is 123 Å². The minimum absolute atomic E-state index is 0.0590. The van der Waals surface area contributed by atoms with Crippen LogP contribution in [0.5, 0.6) is 0 Å². The molecule has 21 heavy (non-hydrogen) atoms. The molecule has 2 aromatic rings. The molecule has 4 heteroatoms. The van der Waals surface area contributed by atoms with Crippen molar-refractivity contribution < 1.29 is 9.53 Å². The molecule has 2 heterocycles. The fourth-order valence-electron chi connectivity index (χ4n) is 2.30. The van der Waals surface area contributed by atoms with E-state index in [1.54, 1.807) is 12.1 Å². The number of aliphatic imine (C=N–C) groups is 1. The molecule has 0 bridgehead atoms. The van der Waals surface area contributed by atoms with Crippen LogP contribution in [0.1, 0.15) is 28.7 Å². The molecule has 1 aromatic carbocycles. The van der Waals surface area contributed by atoms with Gasteiger partial charge in [-0.15, -0.1) is 0 Å². The standard InChI is InChI=1S/C17H16N2O2/c1-12(20)15-8-5-9-16(19-15)17-18-14(11-21-17)10-13-6-3-2-4-7-13/h2-9,14H,10-11H2,1H3/t14-/m0/s1. The van der Waals surface area contributed by atoms with Gasteiger partial charge in [-0.2, -0.15) is 0 Å². The van der Waals surface area contributed by atoms with Crippen molar-refractivity contribution in [2.75, 3.05) is 6.61 Å². The summed E-state index contributed by atoms with van der Waals surface area (Å²) in [6.45, 7) is 2.05. The maximum absolute atomic E-state index is 11.4. The lowest BCUT2D eigenvalue weighted by molar-refractivity contribution is 0.101. The summed E-state index contributed by atoms with van der Waals surface area (Å²) in [7, 11) is 0. The van der Waals surface area contributed by atoms with Crippen molar-refractivity contribution in [1.82, 2.24) is 4.98 Å². The second kappa shape index (κ2) is 5.87. The van der Waals surface area contributed by atoms with Gasteiger partial charge in [0.05, 0.1) is 6.04 Å². The molecular weight excluding hydrogens is 264 g/mol. The molecule has 3 rings (SSSR count). The van der Waals surface area contributed by atoms with Crippen molar-refractivity contribution in [3.8, 4) is 0 Å². The predicted molar refractivity (Wildman–Crippen MR) is 80.7 cm³/mol. The van der Waals surface area contributed by atoms with Crippen LogP contribution in [0.25, 0.3) is 0 Å². The topological polar surface area (TPSA) is 51.5 Å². The van der Waals surface area contributed by atoms with Crippen molar-refractivity contribution in [2.45, 2.75) is 19.4 Å². The molecule has 1 atom stereocenters. The van der Waals surface area contributed by atoms with Crippen molar-refractivity contribution in [1.29, 1.82) is 0 Å². The van der Waals surface area contributed by atoms with Crippen molar-refractivity contribution >= 4 is 11.7 Å². The first-order chi connectivity index (χ1) is 10.2. The van der Waals surface area contributed by atoms with Gasteiger partial charge in [-0.05, 0) is 24.1 Å². The quantitative estimate of drug-likeness (QED) is 0.809. The van der Waals surface area contributed by atoms with E-state index in [-0.39, 0.29) is 11.8 Å². The summed E-state index contributed by atoms with van der Waals surface area (Å²) in [6.07, 6.45) is 0.844. The van der Waals surface area contributed by atoms with E-state index < -0.39 is 0 Å². The van der Waals surface area contributed by atoms with Crippen molar-refractivity contribution in [2.24, 2.45) is 4.99 Å². The average Bonchev–Trinajstić information content (AvgIpc) is 2.97. The number of rotatable bonds is 4. The number of ether oxygens (including phenoxy) is 1. The summed E-state index contributed by atoms with van der Waals surface area (Å²) < 4.78 is 5.63. The summed E-state index contributed by atoms with van der Waals surface area (Å²) in [4.78, 5) is 20.2. The molecular formula is C17H16N2O2. The molecule has 0 N–H and O–H groups in total. The molecule has 106 valence electrons. The first-order valence-electron chi connectivity index (χ1n) is 6.95. The van der Waals surface area contributed by atoms with E-state index in [2.05, 4.69) is 22.1 Å². The summed E-state index contributed by atoms with van der Waals surface area (Å²) in [5.74, 6) is 0.468. The van der Waals surface area contributed by atoms with E-state index in [1.165, 1.54) is 12.5 Å². The Hall–Kier alpha value is -2.49. The van der Waals surface area contributed by atoms with Crippen LogP contribution < -0.4 is 0 Å². The zero-order chi connectivity index (χ0) is 14.7. The lowest BCUT2D eigenvalue weighted by atomic mass is 10.1. The van der Waals surface area contributed by atoms with Crippen molar-refractivity contribution in [3.63, 3.8) is 0 Å². The molecule has 0 saturated carbocycles. The Morgan fingerprint density at radius 2 is 2.00 bits per heavy atom. The molecule has 0 unspecified atom stereocenters. The monoisotopic (exact) mass is 280 g/mol. The predicted octanol–water partition coefficient (Wildman–Crippen LogP) is 2.67.